The van der Waals surface area contributed by atoms with Crippen molar-refractivity contribution in [1.82, 2.24) is 24.6 Å². The van der Waals surface area contributed by atoms with E-state index in [2.05, 4.69) is 14.6 Å². The third-order valence-electron chi connectivity index (χ3n) is 7.55. The molecule has 2 aliphatic heterocycles. The Bertz CT molecular complexity index is 1720. The molecule has 2 saturated heterocycles. The Morgan fingerprint density at radius 1 is 1.27 bits per heavy atom. The van der Waals surface area contributed by atoms with Crippen molar-refractivity contribution in [3.05, 3.63) is 65.2 Å². The Kier molecular flexibility index (Phi) is 10.4. The van der Waals surface area contributed by atoms with Gasteiger partial charge < -0.3 is 33.4 Å². The van der Waals surface area contributed by atoms with E-state index >= 15 is 0 Å². The van der Waals surface area contributed by atoms with Crippen molar-refractivity contribution in [1.29, 1.82) is 0 Å². The van der Waals surface area contributed by atoms with Gasteiger partial charge in [-0.05, 0) is 31.5 Å². The maximum Gasteiger partial charge on any atom is 0.410 e. The number of pyridine rings is 1. The van der Waals surface area contributed by atoms with Crippen LogP contribution >= 0.6 is 19.4 Å². The molecule has 0 spiro atoms. The fourth-order valence-corrected chi connectivity index (χ4v) is 5.96. The molecule has 48 heavy (non-hydrogen) atoms. The highest BCUT2D eigenvalue weighted by Gasteiger charge is 2.39. The molecule has 3 aromatic rings. The molecule has 0 saturated carbocycles. The smallest absolute Gasteiger partial charge is 0.410 e. The Labute approximate surface area is 277 Å². The summed E-state index contributed by atoms with van der Waals surface area (Å²) < 4.78 is 59.5. The largest absolute Gasteiger partial charge is 0.756 e. The van der Waals surface area contributed by atoms with Crippen molar-refractivity contribution < 1.29 is 56.3 Å². The molecule has 1 aromatic carbocycles. The van der Waals surface area contributed by atoms with Gasteiger partial charge in [-0.25, -0.2) is 14.3 Å². The number of aromatic nitrogens is 3. The fourth-order valence-electron chi connectivity index (χ4n) is 5.19. The summed E-state index contributed by atoms with van der Waals surface area (Å²) >= 11 is 6.00. The van der Waals surface area contributed by atoms with Crippen molar-refractivity contribution in [2.45, 2.75) is 57.5 Å². The highest BCUT2D eigenvalue weighted by atomic mass is 35.5. The van der Waals surface area contributed by atoms with E-state index in [4.69, 9.17) is 30.7 Å². The molecule has 19 heteroatoms. The topological polar surface area (TPSA) is 186 Å². The minimum absolute atomic E-state index is 0.123. The second-order valence-corrected chi connectivity index (χ2v) is 13.1. The third-order valence-corrected chi connectivity index (χ3v) is 8.49. The predicted molar refractivity (Wildman–Crippen MR) is 159 cm³/mol. The van der Waals surface area contributed by atoms with Crippen LogP contribution in [0.3, 0.4) is 0 Å². The van der Waals surface area contributed by atoms with Gasteiger partial charge in [0.2, 0.25) is 0 Å². The number of fused-ring (bicyclic) bond motifs is 1. The Hall–Kier alpha value is -4.15. The number of amides is 2. The standard InChI is InChI=1S/C29H31ClF2N5O10P/c1-29(2,47-48(41,42)43)26(39)45-16-35(13-17-3-5-19(30)6-4-17)25(38)23-10-24(22(12-33-23)18-11-34-37(14-18)27(31)32)46-21-7-8-36-20(9-21)15-44-28(36)40/h3-6,10-12,14,20-21,27H,7-9,13,15-16H2,1-2H3,(H2,41,42,43)/p-1/t20-,21-/m0/s1. The van der Waals surface area contributed by atoms with Crippen molar-refractivity contribution in [2.24, 2.45) is 0 Å². The van der Waals surface area contributed by atoms with Crippen LogP contribution in [0.2, 0.25) is 5.02 Å². The van der Waals surface area contributed by atoms with Gasteiger partial charge in [0.15, 0.2) is 12.3 Å². The van der Waals surface area contributed by atoms with Gasteiger partial charge in [0, 0.05) is 60.5 Å². The molecule has 2 amide bonds. The average Bonchev–Trinajstić information content (AvgIpc) is 3.66. The molecular formula is C29H30ClF2N5O10P-. The van der Waals surface area contributed by atoms with Crippen LogP contribution in [-0.4, -0.2) is 85.1 Å². The lowest BCUT2D eigenvalue weighted by Gasteiger charge is -2.33. The van der Waals surface area contributed by atoms with Crippen LogP contribution in [0.1, 0.15) is 49.3 Å². The molecule has 4 heterocycles. The Balaban J connectivity index is 1.44. The number of carbonyl (C=O) groups is 3. The van der Waals surface area contributed by atoms with E-state index in [-0.39, 0.29) is 41.8 Å². The number of nitrogens with zero attached hydrogens (tertiary/aromatic N) is 5. The second-order valence-electron chi connectivity index (χ2n) is 11.5. The van der Waals surface area contributed by atoms with E-state index in [1.165, 1.54) is 18.5 Å². The molecule has 2 aliphatic rings. The van der Waals surface area contributed by atoms with E-state index in [9.17, 15) is 32.6 Å². The van der Waals surface area contributed by atoms with Crippen LogP contribution in [0.5, 0.6) is 5.75 Å². The molecule has 5 rings (SSSR count). The zero-order chi connectivity index (χ0) is 34.8. The minimum atomic E-state index is -5.32. The van der Waals surface area contributed by atoms with E-state index in [0.717, 1.165) is 24.9 Å². The van der Waals surface area contributed by atoms with Crippen LogP contribution in [0.25, 0.3) is 11.1 Å². The summed E-state index contributed by atoms with van der Waals surface area (Å²) in [6.45, 7) is -1.06. The summed E-state index contributed by atoms with van der Waals surface area (Å²) in [4.78, 5) is 65.9. The molecule has 0 radical (unpaired) electrons. The molecule has 3 atom stereocenters. The van der Waals surface area contributed by atoms with E-state index in [1.54, 1.807) is 29.2 Å². The zero-order valence-electron chi connectivity index (χ0n) is 25.5. The highest BCUT2D eigenvalue weighted by Crippen LogP contribution is 2.38. The molecule has 1 N–H and O–H groups in total. The molecule has 2 fully saturated rings. The van der Waals surface area contributed by atoms with Gasteiger partial charge in [-0.15, -0.1) is 0 Å². The van der Waals surface area contributed by atoms with Crippen LogP contribution in [0.15, 0.2) is 48.9 Å². The quantitative estimate of drug-likeness (QED) is 0.163. The monoisotopic (exact) mass is 712 g/mol. The average molecular weight is 713 g/mol. The zero-order valence-corrected chi connectivity index (χ0v) is 27.2. The molecule has 258 valence electrons. The summed E-state index contributed by atoms with van der Waals surface area (Å²) in [5, 5.41) is 4.11. The number of rotatable bonds is 12. The van der Waals surface area contributed by atoms with Gasteiger partial charge in [0.05, 0.1) is 12.2 Å². The molecule has 0 aliphatic carbocycles. The van der Waals surface area contributed by atoms with Crippen LogP contribution in [-0.2, 0) is 29.9 Å². The number of alkyl halides is 2. The number of piperidine rings is 1. The molecule has 2 aromatic heterocycles. The number of carbonyl (C=O) groups excluding carboxylic acids is 3. The third kappa shape index (κ3) is 8.46. The minimum Gasteiger partial charge on any atom is -0.756 e. The van der Waals surface area contributed by atoms with E-state index in [1.807, 2.05) is 0 Å². The van der Waals surface area contributed by atoms with Crippen molar-refractivity contribution in [3.8, 4) is 16.9 Å². The number of phosphoric acid groups is 1. The van der Waals surface area contributed by atoms with Gasteiger partial charge in [-0.1, -0.05) is 23.7 Å². The van der Waals surface area contributed by atoms with Gasteiger partial charge in [-0.2, -0.15) is 13.9 Å². The molecule has 0 bridgehead atoms. The van der Waals surface area contributed by atoms with Crippen LogP contribution < -0.4 is 9.63 Å². The Morgan fingerprint density at radius 2 is 2.00 bits per heavy atom. The summed E-state index contributed by atoms with van der Waals surface area (Å²) in [5.41, 5.74) is -1.23. The van der Waals surface area contributed by atoms with Gasteiger partial charge >= 0.3 is 18.6 Å². The summed E-state index contributed by atoms with van der Waals surface area (Å²) in [6, 6.07) is 7.54. The van der Waals surface area contributed by atoms with Crippen molar-refractivity contribution in [2.75, 3.05) is 19.9 Å². The van der Waals surface area contributed by atoms with Crippen LogP contribution in [0, 0.1) is 0 Å². The number of ether oxygens (including phenoxy) is 3. The first-order chi connectivity index (χ1) is 22.6. The lowest BCUT2D eigenvalue weighted by atomic mass is 10.0. The summed E-state index contributed by atoms with van der Waals surface area (Å²) in [6.07, 6.45) is 3.56. The molecule has 15 nitrogen and oxygen atoms in total. The number of benzene rings is 1. The Morgan fingerprint density at radius 3 is 2.67 bits per heavy atom. The van der Waals surface area contributed by atoms with Gasteiger partial charge in [0.25, 0.3) is 13.7 Å². The fraction of sp³-hybridized carbons (Fsp3) is 0.414. The SMILES string of the molecule is CC(C)(OP(=O)([O-])O)C(=O)OCN(Cc1ccc(Cl)cc1)C(=O)c1cc(O[C@H]2CCN3C(=O)OC[C@@H]3C2)c(-c2cnn(C(F)F)c2)cn1. The van der Waals surface area contributed by atoms with Gasteiger partial charge in [-0.3, -0.25) is 19.2 Å². The first kappa shape index (κ1) is 35.2. The lowest BCUT2D eigenvalue weighted by molar-refractivity contribution is -0.232. The molecular weight excluding hydrogens is 683 g/mol. The number of hydrogen-bond acceptors (Lipinski definition) is 11. The lowest BCUT2D eigenvalue weighted by Crippen LogP contribution is -2.44. The summed E-state index contributed by atoms with van der Waals surface area (Å²) in [5.74, 6) is -1.83. The molecule has 1 unspecified atom stereocenters. The van der Waals surface area contributed by atoms with Crippen molar-refractivity contribution in [3.63, 3.8) is 0 Å². The number of esters is 1. The first-order valence-corrected chi connectivity index (χ1v) is 16.4. The maximum atomic E-state index is 13.9. The number of phosphoric ester groups is 1. The summed E-state index contributed by atoms with van der Waals surface area (Å²) in [7, 11) is -5.32. The second kappa shape index (κ2) is 14.1. The first-order valence-electron chi connectivity index (χ1n) is 14.5. The maximum absolute atomic E-state index is 13.9. The highest BCUT2D eigenvalue weighted by molar-refractivity contribution is 7.44. The number of halogens is 3. The number of cyclic esters (lactones) is 1. The predicted octanol–water partition coefficient (Wildman–Crippen LogP) is 3.75. The van der Waals surface area contributed by atoms with E-state index in [0.29, 0.717) is 34.7 Å². The number of hydrogen-bond donors (Lipinski definition) is 1. The van der Waals surface area contributed by atoms with Crippen molar-refractivity contribution >= 4 is 37.4 Å². The van der Waals surface area contributed by atoms with E-state index < -0.39 is 50.8 Å². The van der Waals surface area contributed by atoms with Crippen LogP contribution in [0.4, 0.5) is 13.6 Å². The van der Waals surface area contributed by atoms with Gasteiger partial charge in [0.1, 0.15) is 24.2 Å². The normalized spacial score (nSPS) is 19.0.